The molecular formula is C13H17N3O2. The van der Waals surface area contributed by atoms with Crippen molar-refractivity contribution in [3.05, 3.63) is 23.4 Å². The van der Waals surface area contributed by atoms with Crippen LogP contribution in [-0.2, 0) is 4.74 Å². The van der Waals surface area contributed by atoms with E-state index in [9.17, 15) is 4.79 Å². The molecule has 0 amide bonds. The Bertz CT molecular complexity index is 466. The second kappa shape index (κ2) is 6.60. The smallest absolute Gasteiger partial charge is 0.339 e. The maximum Gasteiger partial charge on any atom is 0.339 e. The minimum Gasteiger partial charge on any atom is -0.465 e. The maximum atomic E-state index is 11.4. The van der Waals surface area contributed by atoms with Crippen LogP contribution in [0.2, 0.25) is 0 Å². The minimum atomic E-state index is -0.383. The number of rotatable bonds is 5. The quantitative estimate of drug-likeness (QED) is 0.744. The van der Waals surface area contributed by atoms with E-state index in [1.165, 1.54) is 7.11 Å². The molecule has 0 fully saturated rings. The van der Waals surface area contributed by atoms with Crippen molar-refractivity contribution in [3.8, 4) is 6.07 Å². The van der Waals surface area contributed by atoms with Crippen LogP contribution >= 0.6 is 0 Å². The maximum absolute atomic E-state index is 11.4. The van der Waals surface area contributed by atoms with Gasteiger partial charge >= 0.3 is 5.97 Å². The zero-order chi connectivity index (χ0) is 13.5. The molecule has 0 radical (unpaired) electrons. The third-order valence-electron chi connectivity index (χ3n) is 2.68. The van der Waals surface area contributed by atoms with Crippen molar-refractivity contribution in [2.75, 3.05) is 25.1 Å². The lowest BCUT2D eigenvalue weighted by Gasteiger charge is -2.21. The molecule has 0 N–H and O–H groups in total. The number of ether oxygens (including phenoxy) is 1. The van der Waals surface area contributed by atoms with Gasteiger partial charge in [-0.3, -0.25) is 0 Å². The molecule has 96 valence electrons. The summed E-state index contributed by atoms with van der Waals surface area (Å²) in [6.07, 6.45) is 0.452. The molecule has 1 aromatic rings. The van der Waals surface area contributed by atoms with Crippen molar-refractivity contribution in [2.24, 2.45) is 0 Å². The van der Waals surface area contributed by atoms with Gasteiger partial charge in [-0.2, -0.15) is 5.26 Å². The van der Waals surface area contributed by atoms with Crippen molar-refractivity contribution in [2.45, 2.75) is 20.3 Å². The SMILES string of the molecule is CCN(CCC#N)c1ccc(C(=O)OC)c(C)n1. The van der Waals surface area contributed by atoms with Gasteiger partial charge in [-0.1, -0.05) is 0 Å². The first-order valence-electron chi connectivity index (χ1n) is 5.81. The van der Waals surface area contributed by atoms with E-state index in [1.807, 2.05) is 11.8 Å². The molecule has 0 aromatic carbocycles. The normalized spacial score (nSPS) is 9.67. The summed E-state index contributed by atoms with van der Waals surface area (Å²) in [5.74, 6) is 0.393. The van der Waals surface area contributed by atoms with E-state index < -0.39 is 0 Å². The fraction of sp³-hybridized carbons (Fsp3) is 0.462. The lowest BCUT2D eigenvalue weighted by atomic mass is 10.2. The predicted octanol–water partition coefficient (Wildman–Crippen LogP) is 1.92. The van der Waals surface area contributed by atoms with Crippen LogP contribution in [0.15, 0.2) is 12.1 Å². The zero-order valence-corrected chi connectivity index (χ0v) is 10.9. The van der Waals surface area contributed by atoms with Gasteiger partial charge in [-0.25, -0.2) is 9.78 Å². The number of aryl methyl sites for hydroxylation is 1. The highest BCUT2D eigenvalue weighted by Gasteiger charge is 2.13. The standard InChI is InChI=1S/C13H17N3O2/c1-4-16(9-5-8-14)12-7-6-11(10(2)15-12)13(17)18-3/h6-7H,4-5,9H2,1-3H3. The molecule has 0 unspecified atom stereocenters. The van der Waals surface area contributed by atoms with Crippen molar-refractivity contribution in [3.63, 3.8) is 0 Å². The van der Waals surface area contributed by atoms with Crippen LogP contribution < -0.4 is 4.90 Å². The molecule has 0 aliphatic carbocycles. The molecule has 18 heavy (non-hydrogen) atoms. The second-order valence-electron chi connectivity index (χ2n) is 3.78. The van der Waals surface area contributed by atoms with Gasteiger partial charge < -0.3 is 9.64 Å². The number of carbonyl (C=O) groups excluding carboxylic acids is 1. The Balaban J connectivity index is 2.95. The summed E-state index contributed by atoms with van der Waals surface area (Å²) in [7, 11) is 1.35. The van der Waals surface area contributed by atoms with Crippen molar-refractivity contribution in [1.82, 2.24) is 4.98 Å². The summed E-state index contributed by atoms with van der Waals surface area (Å²) >= 11 is 0. The fourth-order valence-electron chi connectivity index (χ4n) is 1.67. The molecule has 1 heterocycles. The van der Waals surface area contributed by atoms with Gasteiger partial charge in [0, 0.05) is 13.1 Å². The van der Waals surface area contributed by atoms with E-state index >= 15 is 0 Å². The summed E-state index contributed by atoms with van der Waals surface area (Å²) in [6, 6.07) is 5.60. The highest BCUT2D eigenvalue weighted by molar-refractivity contribution is 5.90. The molecule has 0 aliphatic rings. The van der Waals surface area contributed by atoms with E-state index in [1.54, 1.807) is 19.1 Å². The molecule has 1 aromatic heterocycles. The lowest BCUT2D eigenvalue weighted by molar-refractivity contribution is 0.0599. The van der Waals surface area contributed by atoms with E-state index in [4.69, 9.17) is 5.26 Å². The van der Waals surface area contributed by atoms with Crippen LogP contribution in [0.3, 0.4) is 0 Å². The molecular weight excluding hydrogens is 230 g/mol. The van der Waals surface area contributed by atoms with Gasteiger partial charge in [-0.15, -0.1) is 0 Å². The van der Waals surface area contributed by atoms with Gasteiger partial charge in [0.2, 0.25) is 0 Å². The molecule has 0 saturated heterocycles. The molecule has 5 heteroatoms. The molecule has 1 rings (SSSR count). The van der Waals surface area contributed by atoms with Crippen LogP contribution in [0.5, 0.6) is 0 Å². The van der Waals surface area contributed by atoms with Crippen LogP contribution in [0.25, 0.3) is 0 Å². The number of pyridine rings is 1. The van der Waals surface area contributed by atoms with Crippen molar-refractivity contribution < 1.29 is 9.53 Å². The predicted molar refractivity (Wildman–Crippen MR) is 68.4 cm³/mol. The highest BCUT2D eigenvalue weighted by atomic mass is 16.5. The van der Waals surface area contributed by atoms with E-state index in [0.717, 1.165) is 12.4 Å². The summed E-state index contributed by atoms with van der Waals surface area (Å²) in [5, 5.41) is 8.60. The Kier molecular flexibility index (Phi) is 5.12. The minimum absolute atomic E-state index is 0.383. The zero-order valence-electron chi connectivity index (χ0n) is 10.9. The number of hydrogen-bond donors (Lipinski definition) is 0. The van der Waals surface area contributed by atoms with Gasteiger partial charge in [-0.05, 0) is 26.0 Å². The first kappa shape index (κ1) is 14.0. The third-order valence-corrected chi connectivity index (χ3v) is 2.68. The first-order chi connectivity index (χ1) is 8.63. The van der Waals surface area contributed by atoms with E-state index in [-0.39, 0.29) is 5.97 Å². The first-order valence-corrected chi connectivity index (χ1v) is 5.81. The molecule has 0 saturated carbocycles. The van der Waals surface area contributed by atoms with Gasteiger partial charge in [0.15, 0.2) is 0 Å². The third kappa shape index (κ3) is 3.20. The number of nitrogens with zero attached hydrogens (tertiary/aromatic N) is 3. The monoisotopic (exact) mass is 247 g/mol. The molecule has 0 spiro atoms. The number of methoxy groups -OCH3 is 1. The Labute approximate surface area is 107 Å². The average molecular weight is 247 g/mol. The number of anilines is 1. The van der Waals surface area contributed by atoms with E-state index in [0.29, 0.717) is 24.2 Å². The number of aromatic nitrogens is 1. The molecule has 0 atom stereocenters. The second-order valence-corrected chi connectivity index (χ2v) is 3.78. The summed E-state index contributed by atoms with van der Waals surface area (Å²) in [4.78, 5) is 17.8. The van der Waals surface area contributed by atoms with Gasteiger partial charge in [0.05, 0.1) is 30.9 Å². The topological polar surface area (TPSA) is 66.2 Å². The van der Waals surface area contributed by atoms with Crippen molar-refractivity contribution in [1.29, 1.82) is 5.26 Å². The number of hydrogen-bond acceptors (Lipinski definition) is 5. The van der Waals surface area contributed by atoms with Crippen LogP contribution in [0.1, 0.15) is 29.4 Å². The van der Waals surface area contributed by atoms with Gasteiger partial charge in [0.1, 0.15) is 5.82 Å². The summed E-state index contributed by atoms with van der Waals surface area (Å²) < 4.78 is 4.67. The van der Waals surface area contributed by atoms with Crippen LogP contribution in [-0.4, -0.2) is 31.2 Å². The molecule has 0 bridgehead atoms. The van der Waals surface area contributed by atoms with Crippen LogP contribution in [0, 0.1) is 18.3 Å². The fourth-order valence-corrected chi connectivity index (χ4v) is 1.67. The van der Waals surface area contributed by atoms with E-state index in [2.05, 4.69) is 15.8 Å². The Morgan fingerprint density at radius 3 is 2.78 bits per heavy atom. The summed E-state index contributed by atoms with van der Waals surface area (Å²) in [5.41, 5.74) is 1.10. The molecule has 0 aliphatic heterocycles. The number of carbonyl (C=O) groups is 1. The van der Waals surface area contributed by atoms with Crippen molar-refractivity contribution >= 4 is 11.8 Å². The van der Waals surface area contributed by atoms with Crippen LogP contribution in [0.4, 0.5) is 5.82 Å². The number of nitriles is 1. The lowest BCUT2D eigenvalue weighted by Crippen LogP contribution is -2.25. The summed E-state index contributed by atoms with van der Waals surface area (Å²) in [6.45, 7) is 5.18. The molecule has 5 nitrogen and oxygen atoms in total. The Hall–Kier alpha value is -2.09. The Morgan fingerprint density at radius 2 is 2.28 bits per heavy atom. The number of esters is 1. The average Bonchev–Trinajstić information content (AvgIpc) is 2.39. The van der Waals surface area contributed by atoms with Gasteiger partial charge in [0.25, 0.3) is 0 Å². The Morgan fingerprint density at radius 1 is 1.56 bits per heavy atom. The largest absolute Gasteiger partial charge is 0.465 e. The highest BCUT2D eigenvalue weighted by Crippen LogP contribution is 2.15.